The summed E-state index contributed by atoms with van der Waals surface area (Å²) in [6.45, 7) is 11.8. The fraction of sp³-hybridized carbons (Fsp3) is 0.684. The van der Waals surface area contributed by atoms with Crippen LogP contribution in [0.3, 0.4) is 0 Å². The lowest BCUT2D eigenvalue weighted by atomic mass is 9.86. The Balaban J connectivity index is 1.90. The lowest BCUT2D eigenvalue weighted by Gasteiger charge is -2.36. The molecule has 1 unspecified atom stereocenters. The molecule has 1 aromatic carbocycles. The number of nitrogens with one attached hydrogen (secondary N) is 1. The van der Waals surface area contributed by atoms with Crippen molar-refractivity contribution in [2.75, 3.05) is 26.2 Å². The average molecular weight is 288 g/mol. The lowest BCUT2D eigenvalue weighted by Crippen LogP contribution is -2.41. The third kappa shape index (κ3) is 5.12. The monoisotopic (exact) mass is 288 g/mol. The van der Waals surface area contributed by atoms with Gasteiger partial charge in [-0.25, -0.2) is 0 Å². The summed E-state index contributed by atoms with van der Waals surface area (Å²) in [6, 6.07) is 11.4. The van der Waals surface area contributed by atoms with Crippen LogP contribution in [0.15, 0.2) is 30.3 Å². The van der Waals surface area contributed by atoms with Gasteiger partial charge in [0.1, 0.15) is 0 Å². The molecule has 1 aromatic rings. The maximum absolute atomic E-state index is 3.73. The van der Waals surface area contributed by atoms with Crippen molar-refractivity contribution in [1.29, 1.82) is 0 Å². The summed E-state index contributed by atoms with van der Waals surface area (Å²) in [5, 5.41) is 3.73. The Kier molecular flexibility index (Phi) is 6.72. The van der Waals surface area contributed by atoms with Crippen molar-refractivity contribution in [2.45, 2.75) is 46.1 Å². The first-order valence-corrected chi connectivity index (χ1v) is 8.71. The molecule has 2 nitrogen and oxygen atoms in total. The van der Waals surface area contributed by atoms with Crippen molar-refractivity contribution in [3.63, 3.8) is 0 Å². The van der Waals surface area contributed by atoms with Crippen LogP contribution in [0.4, 0.5) is 0 Å². The van der Waals surface area contributed by atoms with Crippen LogP contribution in [-0.4, -0.2) is 31.1 Å². The standard InChI is InChI=1S/C19H32N2/c1-4-12-20-19(18-8-6-5-7-9-18)15-21-13-10-17(11-14-21)16(2)3/h5-9,16-17,19-20H,4,10-15H2,1-3H3. The summed E-state index contributed by atoms with van der Waals surface area (Å²) in [5.41, 5.74) is 1.43. The minimum Gasteiger partial charge on any atom is -0.309 e. The molecule has 1 aliphatic heterocycles. The van der Waals surface area contributed by atoms with E-state index in [0.717, 1.165) is 24.9 Å². The van der Waals surface area contributed by atoms with E-state index in [9.17, 15) is 0 Å². The van der Waals surface area contributed by atoms with Crippen molar-refractivity contribution in [2.24, 2.45) is 11.8 Å². The van der Waals surface area contributed by atoms with E-state index >= 15 is 0 Å². The van der Waals surface area contributed by atoms with Gasteiger partial charge in [0.2, 0.25) is 0 Å². The van der Waals surface area contributed by atoms with Gasteiger partial charge in [0.25, 0.3) is 0 Å². The molecule has 0 amide bonds. The zero-order chi connectivity index (χ0) is 15.1. The number of hydrogen-bond donors (Lipinski definition) is 1. The molecule has 0 aromatic heterocycles. The van der Waals surface area contributed by atoms with Crippen molar-refractivity contribution < 1.29 is 0 Å². The molecule has 1 N–H and O–H groups in total. The number of benzene rings is 1. The van der Waals surface area contributed by atoms with E-state index < -0.39 is 0 Å². The second kappa shape index (κ2) is 8.55. The summed E-state index contributed by atoms with van der Waals surface area (Å²) in [5.74, 6) is 1.77. The van der Waals surface area contributed by atoms with Crippen LogP contribution in [-0.2, 0) is 0 Å². The molecule has 1 saturated heterocycles. The van der Waals surface area contributed by atoms with Crippen molar-refractivity contribution >= 4 is 0 Å². The first-order chi connectivity index (χ1) is 10.2. The van der Waals surface area contributed by atoms with Crippen LogP contribution >= 0.6 is 0 Å². The largest absolute Gasteiger partial charge is 0.309 e. The van der Waals surface area contributed by atoms with Gasteiger partial charge in [-0.15, -0.1) is 0 Å². The molecule has 1 fully saturated rings. The highest BCUT2D eigenvalue weighted by Gasteiger charge is 2.23. The summed E-state index contributed by atoms with van der Waals surface area (Å²) in [6.07, 6.45) is 3.93. The van der Waals surface area contributed by atoms with E-state index in [1.165, 1.54) is 37.9 Å². The van der Waals surface area contributed by atoms with Gasteiger partial charge < -0.3 is 10.2 Å². The summed E-state index contributed by atoms with van der Waals surface area (Å²) in [4.78, 5) is 2.65. The first kappa shape index (κ1) is 16.5. The molecule has 118 valence electrons. The van der Waals surface area contributed by atoms with E-state index in [-0.39, 0.29) is 0 Å². The molecule has 1 aliphatic rings. The fourth-order valence-electron chi connectivity index (χ4n) is 3.35. The van der Waals surface area contributed by atoms with Gasteiger partial charge in [0.15, 0.2) is 0 Å². The van der Waals surface area contributed by atoms with E-state index in [0.29, 0.717) is 6.04 Å². The van der Waals surface area contributed by atoms with Gasteiger partial charge >= 0.3 is 0 Å². The third-order valence-electron chi connectivity index (χ3n) is 4.86. The highest BCUT2D eigenvalue weighted by Crippen LogP contribution is 2.25. The average Bonchev–Trinajstić information content (AvgIpc) is 2.52. The van der Waals surface area contributed by atoms with Crippen LogP contribution in [0.2, 0.25) is 0 Å². The summed E-state index contributed by atoms with van der Waals surface area (Å²) < 4.78 is 0. The highest BCUT2D eigenvalue weighted by atomic mass is 15.2. The van der Waals surface area contributed by atoms with Crippen LogP contribution in [0, 0.1) is 11.8 Å². The molecular formula is C19H32N2. The van der Waals surface area contributed by atoms with Gasteiger partial charge in [-0.05, 0) is 56.3 Å². The predicted octanol–water partition coefficient (Wildman–Crippen LogP) is 4.10. The van der Waals surface area contributed by atoms with Crippen LogP contribution in [0.1, 0.15) is 51.6 Å². The molecule has 1 heterocycles. The third-order valence-corrected chi connectivity index (χ3v) is 4.86. The second-order valence-corrected chi connectivity index (χ2v) is 6.80. The number of hydrogen-bond acceptors (Lipinski definition) is 2. The molecule has 0 aliphatic carbocycles. The maximum atomic E-state index is 3.73. The van der Waals surface area contributed by atoms with Gasteiger partial charge in [-0.3, -0.25) is 0 Å². The van der Waals surface area contributed by atoms with Gasteiger partial charge in [0, 0.05) is 12.6 Å². The molecule has 21 heavy (non-hydrogen) atoms. The second-order valence-electron chi connectivity index (χ2n) is 6.80. The fourth-order valence-corrected chi connectivity index (χ4v) is 3.35. The van der Waals surface area contributed by atoms with E-state index in [4.69, 9.17) is 0 Å². The topological polar surface area (TPSA) is 15.3 Å². The molecule has 0 spiro atoms. The molecule has 2 rings (SSSR count). The number of nitrogens with zero attached hydrogens (tertiary/aromatic N) is 1. The Morgan fingerprint density at radius 1 is 1.14 bits per heavy atom. The van der Waals surface area contributed by atoms with Crippen molar-refractivity contribution in [3.05, 3.63) is 35.9 Å². The highest BCUT2D eigenvalue weighted by molar-refractivity contribution is 5.19. The van der Waals surface area contributed by atoms with E-state index in [1.807, 2.05) is 0 Å². The van der Waals surface area contributed by atoms with Crippen LogP contribution in [0.25, 0.3) is 0 Å². The van der Waals surface area contributed by atoms with Gasteiger partial charge in [-0.2, -0.15) is 0 Å². The van der Waals surface area contributed by atoms with Crippen molar-refractivity contribution in [3.8, 4) is 0 Å². The number of likely N-dealkylation sites (tertiary alicyclic amines) is 1. The Bertz CT molecular complexity index is 380. The van der Waals surface area contributed by atoms with Gasteiger partial charge in [-0.1, -0.05) is 51.1 Å². The predicted molar refractivity (Wildman–Crippen MR) is 91.5 cm³/mol. The SMILES string of the molecule is CCCNC(CN1CCC(C(C)C)CC1)c1ccccc1. The minimum absolute atomic E-state index is 0.474. The van der Waals surface area contributed by atoms with Crippen LogP contribution in [0.5, 0.6) is 0 Å². The molecule has 0 radical (unpaired) electrons. The normalized spacial score (nSPS) is 19.0. The molecular weight excluding hydrogens is 256 g/mol. The Morgan fingerprint density at radius 3 is 2.38 bits per heavy atom. The Morgan fingerprint density at radius 2 is 1.81 bits per heavy atom. The lowest BCUT2D eigenvalue weighted by molar-refractivity contribution is 0.145. The molecule has 1 atom stereocenters. The van der Waals surface area contributed by atoms with Gasteiger partial charge in [0.05, 0.1) is 0 Å². The molecule has 2 heteroatoms. The van der Waals surface area contributed by atoms with Crippen LogP contribution < -0.4 is 5.32 Å². The Labute approximate surface area is 130 Å². The van der Waals surface area contributed by atoms with E-state index in [2.05, 4.69) is 61.3 Å². The quantitative estimate of drug-likeness (QED) is 0.813. The smallest absolute Gasteiger partial charge is 0.0449 e. The zero-order valence-electron chi connectivity index (χ0n) is 14.0. The zero-order valence-corrected chi connectivity index (χ0v) is 14.0. The number of rotatable bonds is 7. The molecule has 0 bridgehead atoms. The molecule has 0 saturated carbocycles. The Hall–Kier alpha value is -0.860. The summed E-state index contributed by atoms with van der Waals surface area (Å²) >= 11 is 0. The minimum atomic E-state index is 0.474. The number of piperidine rings is 1. The van der Waals surface area contributed by atoms with E-state index in [1.54, 1.807) is 0 Å². The summed E-state index contributed by atoms with van der Waals surface area (Å²) in [7, 11) is 0. The first-order valence-electron chi connectivity index (χ1n) is 8.71. The van der Waals surface area contributed by atoms with Crippen molar-refractivity contribution in [1.82, 2.24) is 10.2 Å². The maximum Gasteiger partial charge on any atom is 0.0449 e.